The van der Waals surface area contributed by atoms with E-state index in [-0.39, 0.29) is 6.10 Å². The van der Waals surface area contributed by atoms with Crippen LogP contribution in [-0.2, 0) is 14.3 Å². The van der Waals surface area contributed by atoms with Crippen LogP contribution in [0.2, 0.25) is 0 Å². The van der Waals surface area contributed by atoms with Crippen molar-refractivity contribution >= 4 is 12.1 Å². The number of carbonyl (C=O) groups is 2. The second-order valence-corrected chi connectivity index (χ2v) is 7.68. The average molecular weight is 363 g/mol. The van der Waals surface area contributed by atoms with Gasteiger partial charge in [-0.15, -0.1) is 0 Å². The fraction of sp³-hybridized carbons (Fsp3) is 0.600. The van der Waals surface area contributed by atoms with Crippen LogP contribution in [0.4, 0.5) is 4.79 Å². The summed E-state index contributed by atoms with van der Waals surface area (Å²) in [5.74, 6) is -0.721. The van der Waals surface area contributed by atoms with E-state index in [1.807, 2.05) is 6.07 Å². The Balaban J connectivity index is 2.09. The minimum atomic E-state index is -1.51. The number of ether oxygens (including phenoxy) is 2. The maximum atomic E-state index is 12.4. The van der Waals surface area contributed by atoms with E-state index >= 15 is 0 Å². The van der Waals surface area contributed by atoms with Crippen molar-refractivity contribution in [2.24, 2.45) is 0 Å². The molecular formula is C20H29NO5. The molecule has 0 saturated heterocycles. The number of esters is 1. The molecule has 1 amide bonds. The fourth-order valence-electron chi connectivity index (χ4n) is 2.99. The summed E-state index contributed by atoms with van der Waals surface area (Å²) < 4.78 is 10.7. The van der Waals surface area contributed by atoms with Gasteiger partial charge in [0.15, 0.2) is 6.10 Å². The molecule has 0 heterocycles. The molecule has 6 heteroatoms. The van der Waals surface area contributed by atoms with Crippen LogP contribution in [0.5, 0.6) is 0 Å². The molecule has 0 unspecified atom stereocenters. The number of aliphatic hydroxyl groups is 1. The maximum absolute atomic E-state index is 12.4. The summed E-state index contributed by atoms with van der Waals surface area (Å²) in [5, 5.41) is 13.2. The van der Waals surface area contributed by atoms with Crippen LogP contribution >= 0.6 is 0 Å². The average Bonchev–Trinajstić information content (AvgIpc) is 2.59. The van der Waals surface area contributed by atoms with Gasteiger partial charge in [0.05, 0.1) is 6.04 Å². The van der Waals surface area contributed by atoms with Crippen molar-refractivity contribution in [2.45, 2.75) is 76.7 Å². The molecule has 1 fully saturated rings. The number of amides is 1. The molecule has 1 aliphatic rings. The molecule has 0 bridgehead atoms. The molecule has 26 heavy (non-hydrogen) atoms. The van der Waals surface area contributed by atoms with Crippen molar-refractivity contribution in [3.63, 3.8) is 0 Å². The first-order valence-corrected chi connectivity index (χ1v) is 9.19. The Morgan fingerprint density at radius 1 is 1.12 bits per heavy atom. The number of nitrogens with one attached hydrogen (secondary N) is 1. The van der Waals surface area contributed by atoms with Crippen LogP contribution in [0.3, 0.4) is 0 Å². The number of hydrogen-bond acceptors (Lipinski definition) is 5. The Kier molecular flexibility index (Phi) is 7.03. The van der Waals surface area contributed by atoms with Crippen LogP contribution in [-0.4, -0.2) is 35.0 Å². The smallest absolute Gasteiger partial charge is 0.408 e. The van der Waals surface area contributed by atoms with Gasteiger partial charge in [-0.25, -0.2) is 9.59 Å². The van der Waals surface area contributed by atoms with Gasteiger partial charge in [0, 0.05) is 0 Å². The van der Waals surface area contributed by atoms with Gasteiger partial charge >= 0.3 is 12.1 Å². The van der Waals surface area contributed by atoms with Crippen molar-refractivity contribution < 1.29 is 24.2 Å². The summed E-state index contributed by atoms with van der Waals surface area (Å²) in [5.41, 5.74) is -0.0785. The summed E-state index contributed by atoms with van der Waals surface area (Å²) in [7, 11) is 0. The summed E-state index contributed by atoms with van der Waals surface area (Å²) >= 11 is 0. The lowest BCUT2D eigenvalue weighted by Gasteiger charge is -2.28. The van der Waals surface area contributed by atoms with Gasteiger partial charge in [-0.3, -0.25) is 0 Å². The van der Waals surface area contributed by atoms with Crippen molar-refractivity contribution in [2.75, 3.05) is 0 Å². The molecule has 2 atom stereocenters. The van der Waals surface area contributed by atoms with Crippen LogP contribution < -0.4 is 5.32 Å². The van der Waals surface area contributed by atoms with E-state index in [2.05, 4.69) is 5.32 Å². The van der Waals surface area contributed by atoms with E-state index in [0.717, 1.165) is 32.1 Å². The van der Waals surface area contributed by atoms with Crippen molar-refractivity contribution in [1.29, 1.82) is 0 Å². The second-order valence-electron chi connectivity index (χ2n) is 7.68. The zero-order valence-electron chi connectivity index (χ0n) is 15.7. The van der Waals surface area contributed by atoms with E-state index in [4.69, 9.17) is 9.47 Å². The predicted molar refractivity (Wildman–Crippen MR) is 97.5 cm³/mol. The quantitative estimate of drug-likeness (QED) is 0.782. The van der Waals surface area contributed by atoms with Gasteiger partial charge in [0.25, 0.3) is 0 Å². The molecular weight excluding hydrogens is 334 g/mol. The second kappa shape index (κ2) is 9.03. The van der Waals surface area contributed by atoms with Crippen LogP contribution in [0.1, 0.15) is 64.5 Å². The highest BCUT2D eigenvalue weighted by Crippen LogP contribution is 2.24. The van der Waals surface area contributed by atoms with Gasteiger partial charge in [0.1, 0.15) is 11.7 Å². The van der Waals surface area contributed by atoms with Crippen molar-refractivity contribution in [3.05, 3.63) is 35.9 Å². The SMILES string of the molecule is CC(C)(C)OC(=O)N[C@@H](c1ccccc1)[C@@H](O)C(=O)OC1CCCCC1. The summed E-state index contributed by atoms with van der Waals surface area (Å²) in [6.45, 7) is 5.24. The van der Waals surface area contributed by atoms with Crippen LogP contribution in [0, 0.1) is 0 Å². The minimum absolute atomic E-state index is 0.163. The molecule has 2 rings (SSSR count). The predicted octanol–water partition coefficient (Wildman–Crippen LogP) is 3.49. The number of rotatable bonds is 5. The molecule has 0 aromatic heterocycles. The van der Waals surface area contributed by atoms with E-state index in [1.54, 1.807) is 45.0 Å². The van der Waals surface area contributed by atoms with Crippen LogP contribution in [0.25, 0.3) is 0 Å². The highest BCUT2D eigenvalue weighted by Gasteiger charge is 2.33. The molecule has 6 nitrogen and oxygen atoms in total. The third-order valence-corrected chi connectivity index (χ3v) is 4.22. The fourth-order valence-corrected chi connectivity index (χ4v) is 2.99. The number of hydrogen-bond donors (Lipinski definition) is 2. The molecule has 1 aromatic rings. The lowest BCUT2D eigenvalue weighted by atomic mass is 9.97. The highest BCUT2D eigenvalue weighted by molar-refractivity contribution is 5.77. The summed E-state index contributed by atoms with van der Waals surface area (Å²) in [4.78, 5) is 24.6. The van der Waals surface area contributed by atoms with Gasteiger partial charge < -0.3 is 19.9 Å². The lowest BCUT2D eigenvalue weighted by molar-refractivity contribution is -0.162. The van der Waals surface area contributed by atoms with Crippen molar-refractivity contribution in [3.8, 4) is 0 Å². The number of aliphatic hydroxyl groups excluding tert-OH is 1. The Hall–Kier alpha value is -2.08. The third-order valence-electron chi connectivity index (χ3n) is 4.22. The number of carbonyl (C=O) groups excluding carboxylic acids is 2. The zero-order chi connectivity index (χ0) is 19.2. The Morgan fingerprint density at radius 3 is 2.31 bits per heavy atom. The number of alkyl carbamates (subject to hydrolysis) is 1. The highest BCUT2D eigenvalue weighted by atomic mass is 16.6. The van der Waals surface area contributed by atoms with Crippen LogP contribution in [0.15, 0.2) is 30.3 Å². The molecule has 1 aliphatic carbocycles. The first-order chi connectivity index (χ1) is 12.3. The first kappa shape index (κ1) is 20.2. The van der Waals surface area contributed by atoms with Gasteiger partial charge in [-0.05, 0) is 52.0 Å². The molecule has 0 radical (unpaired) electrons. The molecule has 2 N–H and O–H groups in total. The summed E-state index contributed by atoms with van der Waals surface area (Å²) in [6.07, 6.45) is 2.44. The molecule has 0 aliphatic heterocycles. The number of benzene rings is 1. The molecule has 144 valence electrons. The Bertz CT molecular complexity index is 590. The third kappa shape index (κ3) is 6.33. The van der Waals surface area contributed by atoms with E-state index < -0.39 is 29.8 Å². The monoisotopic (exact) mass is 363 g/mol. The van der Waals surface area contributed by atoms with Gasteiger partial charge in [-0.2, -0.15) is 0 Å². The molecule has 0 spiro atoms. The standard InChI is InChI=1S/C20H29NO5/c1-20(2,3)26-19(24)21-16(14-10-6-4-7-11-14)17(22)18(23)25-15-12-8-5-9-13-15/h4,6-7,10-11,15-17,22H,5,8-9,12-13H2,1-3H3,(H,21,24)/t16-,17+/m0/s1. The van der Waals surface area contributed by atoms with Gasteiger partial charge in [0.2, 0.25) is 0 Å². The first-order valence-electron chi connectivity index (χ1n) is 9.19. The normalized spacial score (nSPS) is 17.8. The van der Waals surface area contributed by atoms with E-state index in [0.29, 0.717) is 5.56 Å². The Morgan fingerprint density at radius 2 is 1.73 bits per heavy atom. The van der Waals surface area contributed by atoms with Crippen molar-refractivity contribution in [1.82, 2.24) is 5.32 Å². The Labute approximate surface area is 154 Å². The van der Waals surface area contributed by atoms with Gasteiger partial charge in [-0.1, -0.05) is 36.8 Å². The lowest BCUT2D eigenvalue weighted by Crippen LogP contribution is -2.44. The minimum Gasteiger partial charge on any atom is -0.460 e. The largest absolute Gasteiger partial charge is 0.460 e. The topological polar surface area (TPSA) is 84.9 Å². The van der Waals surface area contributed by atoms with E-state index in [1.165, 1.54) is 0 Å². The molecule has 1 saturated carbocycles. The molecule has 1 aromatic carbocycles. The van der Waals surface area contributed by atoms with E-state index in [9.17, 15) is 14.7 Å². The zero-order valence-corrected chi connectivity index (χ0v) is 15.7. The maximum Gasteiger partial charge on any atom is 0.408 e. The summed E-state index contributed by atoms with van der Waals surface area (Å²) in [6, 6.07) is 7.90.